The molecule has 1 aliphatic carbocycles. The quantitative estimate of drug-likeness (QED) is 0.129. The van der Waals surface area contributed by atoms with Crippen molar-refractivity contribution in [3.63, 3.8) is 0 Å². The zero-order valence-corrected chi connectivity index (χ0v) is 23.4. The maximum atomic E-state index is 13.0. The predicted octanol–water partition coefficient (Wildman–Crippen LogP) is 4.66. The van der Waals surface area contributed by atoms with Crippen molar-refractivity contribution in [1.82, 2.24) is 5.32 Å². The maximum Gasteiger partial charge on any atom is 0.407 e. The Bertz CT molecular complexity index is 1290. The Kier molecular flexibility index (Phi) is 11.1. The van der Waals surface area contributed by atoms with Gasteiger partial charge in [0, 0.05) is 5.56 Å². The number of benzene rings is 3. The van der Waals surface area contributed by atoms with Crippen LogP contribution in [0.3, 0.4) is 0 Å². The fourth-order valence-electron chi connectivity index (χ4n) is 4.02. The fourth-order valence-corrected chi connectivity index (χ4v) is 4.02. The Morgan fingerprint density at radius 3 is 2.05 bits per heavy atom. The molecule has 3 atom stereocenters. The van der Waals surface area contributed by atoms with Crippen molar-refractivity contribution < 1.29 is 28.6 Å². The van der Waals surface area contributed by atoms with E-state index in [-0.39, 0.29) is 26.1 Å². The highest BCUT2D eigenvalue weighted by molar-refractivity contribution is 5.97. The molecular formula is C32H40N4O6. The van der Waals surface area contributed by atoms with E-state index in [1.54, 1.807) is 24.3 Å². The van der Waals surface area contributed by atoms with Crippen molar-refractivity contribution in [1.29, 1.82) is 0 Å². The van der Waals surface area contributed by atoms with Gasteiger partial charge in [0.25, 0.3) is 0 Å². The molecule has 0 bridgehead atoms. The zero-order chi connectivity index (χ0) is 29.4. The monoisotopic (exact) mass is 576 g/mol. The molecule has 3 aromatic rings. The van der Waals surface area contributed by atoms with E-state index in [0.717, 1.165) is 11.1 Å². The normalized spacial score (nSPS) is 17.0. The fraction of sp³-hybridized carbons (Fsp3) is 0.344. The lowest BCUT2D eigenvalue weighted by Gasteiger charge is -2.22. The van der Waals surface area contributed by atoms with Crippen LogP contribution >= 0.6 is 0 Å². The lowest BCUT2D eigenvalue weighted by Crippen LogP contribution is -2.35. The number of amidine groups is 1. The van der Waals surface area contributed by atoms with E-state index in [9.17, 15) is 9.59 Å². The van der Waals surface area contributed by atoms with E-state index in [2.05, 4.69) is 10.3 Å². The first-order valence-electron chi connectivity index (χ1n) is 13.3. The zero-order valence-electron chi connectivity index (χ0n) is 23.4. The molecule has 1 aliphatic rings. The Balaban J connectivity index is 0.00000484. The molecule has 224 valence electrons. The van der Waals surface area contributed by atoms with Gasteiger partial charge in [-0.2, -0.15) is 0 Å². The van der Waals surface area contributed by atoms with Gasteiger partial charge in [0.15, 0.2) is 6.10 Å². The SMILES string of the molecule is C.CC(C)(C)OC(=O)NC1CC1N=C(N)c1ccc(OC[C@H](ON)C(=O)OC(c2ccccc2)c2ccccc2)cc1. The highest BCUT2D eigenvalue weighted by Gasteiger charge is 2.39. The molecule has 4 rings (SSSR count). The van der Waals surface area contributed by atoms with Crippen molar-refractivity contribution in [3.8, 4) is 5.75 Å². The second-order valence-electron chi connectivity index (χ2n) is 10.7. The lowest BCUT2D eigenvalue weighted by molar-refractivity contribution is -0.163. The number of nitrogens with zero attached hydrogens (tertiary/aromatic N) is 1. The summed E-state index contributed by atoms with van der Waals surface area (Å²) in [5.41, 5.74) is 7.94. The van der Waals surface area contributed by atoms with Gasteiger partial charge in [-0.1, -0.05) is 68.1 Å². The molecule has 0 aromatic heterocycles. The van der Waals surface area contributed by atoms with Crippen molar-refractivity contribution >= 4 is 17.9 Å². The first-order chi connectivity index (χ1) is 19.6. The van der Waals surface area contributed by atoms with Crippen molar-refractivity contribution in [2.45, 2.75) is 64.5 Å². The minimum Gasteiger partial charge on any atom is -0.490 e. The Hall–Kier alpha value is -4.41. The van der Waals surface area contributed by atoms with Crippen molar-refractivity contribution in [2.75, 3.05) is 6.61 Å². The number of alkyl carbamates (subject to hydrolysis) is 1. The second-order valence-corrected chi connectivity index (χ2v) is 10.7. The number of hydrogen-bond donors (Lipinski definition) is 3. The summed E-state index contributed by atoms with van der Waals surface area (Å²) in [5, 5.41) is 2.79. The molecule has 0 spiro atoms. The third kappa shape index (κ3) is 9.32. The van der Waals surface area contributed by atoms with E-state index in [0.29, 0.717) is 23.6 Å². The summed E-state index contributed by atoms with van der Waals surface area (Å²) in [4.78, 5) is 34.3. The molecule has 2 unspecified atom stereocenters. The summed E-state index contributed by atoms with van der Waals surface area (Å²) in [5.74, 6) is 5.60. The number of carbonyl (C=O) groups excluding carboxylic acids is 2. The van der Waals surface area contributed by atoms with Crippen LogP contribution < -0.4 is 21.7 Å². The summed E-state index contributed by atoms with van der Waals surface area (Å²) in [6.07, 6.45) is -1.57. The van der Waals surface area contributed by atoms with Crippen LogP contribution in [0.4, 0.5) is 4.79 Å². The Labute approximate surface area is 247 Å². The molecule has 0 aliphatic heterocycles. The molecular weight excluding hydrogens is 536 g/mol. The standard InChI is InChI=1S/C31H36N4O6.CH4/c1-31(2,3)40-30(37)35-25-18-24(25)34-28(32)22-14-16-23(17-15-22)38-19-26(41-33)29(36)39-27(20-10-6-4-7-11-20)21-12-8-5-9-13-21;/h4-17,24-27H,18-19,33H2,1-3H3,(H2,32,34)(H,35,37);1H4/t24?,25?,26-;/m0./s1. The van der Waals surface area contributed by atoms with Crippen LogP contribution in [0.5, 0.6) is 5.75 Å². The topological polar surface area (TPSA) is 147 Å². The average molecular weight is 577 g/mol. The van der Waals surface area contributed by atoms with Gasteiger partial charge < -0.3 is 25.3 Å². The molecule has 10 heteroatoms. The van der Waals surface area contributed by atoms with E-state index < -0.39 is 29.9 Å². The minimum atomic E-state index is -1.15. The number of rotatable bonds is 11. The summed E-state index contributed by atoms with van der Waals surface area (Å²) in [6.45, 7) is 5.27. The van der Waals surface area contributed by atoms with E-state index >= 15 is 0 Å². The molecule has 10 nitrogen and oxygen atoms in total. The molecule has 5 N–H and O–H groups in total. The number of ether oxygens (including phenoxy) is 3. The van der Waals surface area contributed by atoms with Crippen molar-refractivity contribution in [2.24, 2.45) is 16.6 Å². The molecule has 1 amide bonds. The van der Waals surface area contributed by atoms with Gasteiger partial charge in [-0.15, -0.1) is 0 Å². The summed E-state index contributed by atoms with van der Waals surface area (Å²) < 4.78 is 16.8. The number of aliphatic imine (C=N–C) groups is 1. The summed E-state index contributed by atoms with van der Waals surface area (Å²) in [7, 11) is 0. The van der Waals surface area contributed by atoms with Crippen LogP contribution in [-0.4, -0.2) is 48.3 Å². The Morgan fingerprint density at radius 1 is 0.952 bits per heavy atom. The van der Waals surface area contributed by atoms with E-state index in [4.69, 9.17) is 30.7 Å². The molecule has 0 radical (unpaired) electrons. The van der Waals surface area contributed by atoms with Gasteiger partial charge in [0.1, 0.15) is 23.8 Å². The molecule has 1 fully saturated rings. The molecule has 0 heterocycles. The van der Waals surface area contributed by atoms with Gasteiger partial charge >= 0.3 is 12.1 Å². The summed E-state index contributed by atoms with van der Waals surface area (Å²) >= 11 is 0. The molecule has 42 heavy (non-hydrogen) atoms. The smallest absolute Gasteiger partial charge is 0.407 e. The van der Waals surface area contributed by atoms with Gasteiger partial charge in [0.05, 0.1) is 12.1 Å². The summed E-state index contributed by atoms with van der Waals surface area (Å²) in [6, 6.07) is 25.5. The highest BCUT2D eigenvalue weighted by Crippen LogP contribution is 2.28. The van der Waals surface area contributed by atoms with Crippen molar-refractivity contribution in [3.05, 3.63) is 102 Å². The largest absolute Gasteiger partial charge is 0.490 e. The van der Waals surface area contributed by atoms with Gasteiger partial charge in [0.2, 0.25) is 6.10 Å². The van der Waals surface area contributed by atoms with Crippen LogP contribution in [0.25, 0.3) is 0 Å². The average Bonchev–Trinajstić information content (AvgIpc) is 3.68. The third-order valence-electron chi connectivity index (χ3n) is 6.18. The molecule has 1 saturated carbocycles. The molecule has 0 saturated heterocycles. The highest BCUT2D eigenvalue weighted by atomic mass is 16.7. The van der Waals surface area contributed by atoms with Crippen LogP contribution in [0, 0.1) is 0 Å². The molecule has 3 aromatic carbocycles. The van der Waals surface area contributed by atoms with Crippen LogP contribution in [0.15, 0.2) is 89.9 Å². The first kappa shape index (κ1) is 32.1. The number of esters is 1. The maximum absolute atomic E-state index is 13.0. The minimum absolute atomic E-state index is 0. The van der Waals surface area contributed by atoms with Gasteiger partial charge in [-0.3, -0.25) is 9.83 Å². The van der Waals surface area contributed by atoms with Crippen LogP contribution in [0.1, 0.15) is 57.4 Å². The second kappa shape index (κ2) is 14.5. The lowest BCUT2D eigenvalue weighted by atomic mass is 10.0. The van der Waals surface area contributed by atoms with Gasteiger partial charge in [-0.25, -0.2) is 15.5 Å². The van der Waals surface area contributed by atoms with E-state index in [1.807, 2.05) is 81.4 Å². The third-order valence-corrected chi connectivity index (χ3v) is 6.18. The van der Waals surface area contributed by atoms with Crippen LogP contribution in [0.2, 0.25) is 0 Å². The number of nitrogens with one attached hydrogen (secondary N) is 1. The number of amides is 1. The number of hydrogen-bond acceptors (Lipinski definition) is 8. The number of carbonyl (C=O) groups is 2. The van der Waals surface area contributed by atoms with Gasteiger partial charge in [-0.05, 0) is 62.6 Å². The predicted molar refractivity (Wildman–Crippen MR) is 161 cm³/mol. The van der Waals surface area contributed by atoms with E-state index in [1.165, 1.54) is 0 Å². The Morgan fingerprint density at radius 2 is 1.52 bits per heavy atom. The number of nitrogens with two attached hydrogens (primary N) is 2. The first-order valence-corrected chi connectivity index (χ1v) is 13.3. The van der Waals surface area contributed by atoms with Crippen LogP contribution in [-0.2, 0) is 19.1 Å².